The molecule has 1 aliphatic carbocycles. The van der Waals surface area contributed by atoms with E-state index in [1.165, 1.54) is 0 Å². The highest BCUT2D eigenvalue weighted by Gasteiger charge is 2.91. The van der Waals surface area contributed by atoms with Gasteiger partial charge in [0.1, 0.15) is 16.7 Å². The normalized spacial score (nSPS) is 31.6. The van der Waals surface area contributed by atoms with Gasteiger partial charge in [-0.2, -0.15) is 10.5 Å². The van der Waals surface area contributed by atoms with E-state index in [0.29, 0.717) is 10.0 Å². The van der Waals surface area contributed by atoms with Gasteiger partial charge in [-0.15, -0.1) is 23.5 Å². The Morgan fingerprint density at radius 2 is 1.80 bits per heavy atom. The van der Waals surface area contributed by atoms with Gasteiger partial charge in [-0.3, -0.25) is 0 Å². The number of thioether (sulfide) groups is 2. The van der Waals surface area contributed by atoms with Gasteiger partial charge in [-0.25, -0.2) is 4.99 Å². The van der Waals surface area contributed by atoms with E-state index in [4.69, 9.17) is 28.9 Å². The molecule has 0 aromatic heterocycles. The lowest BCUT2D eigenvalue weighted by Gasteiger charge is -2.31. The van der Waals surface area contributed by atoms with Crippen LogP contribution < -0.4 is 5.73 Å². The summed E-state index contributed by atoms with van der Waals surface area (Å²) >= 11 is 15.3. The number of hydrogen-bond donors (Lipinski definition) is 1. The Bertz CT molecular complexity index is 838. The van der Waals surface area contributed by atoms with Crippen molar-refractivity contribution in [1.29, 1.82) is 10.5 Å². The molecule has 1 aliphatic heterocycles. The molecule has 0 saturated heterocycles. The van der Waals surface area contributed by atoms with Crippen LogP contribution in [0.1, 0.15) is 25.3 Å². The number of aliphatic imine (C=N–C) groups is 1. The number of rotatable bonds is 5. The molecule has 1 heterocycles. The van der Waals surface area contributed by atoms with Crippen molar-refractivity contribution in [2.24, 2.45) is 21.6 Å². The molecule has 8 heteroatoms. The summed E-state index contributed by atoms with van der Waals surface area (Å²) in [4.78, 5) is 4.65. The predicted octanol–water partition coefficient (Wildman–Crippen LogP) is 4.64. The first-order valence-electron chi connectivity index (χ1n) is 7.81. The van der Waals surface area contributed by atoms with Crippen molar-refractivity contribution in [2.45, 2.75) is 24.0 Å². The van der Waals surface area contributed by atoms with Gasteiger partial charge >= 0.3 is 0 Å². The van der Waals surface area contributed by atoms with Crippen LogP contribution in [-0.2, 0) is 0 Å². The minimum Gasteiger partial charge on any atom is -0.386 e. The van der Waals surface area contributed by atoms with Gasteiger partial charge in [0.2, 0.25) is 0 Å². The lowest BCUT2D eigenvalue weighted by Crippen LogP contribution is -2.31. The van der Waals surface area contributed by atoms with Crippen molar-refractivity contribution in [2.75, 3.05) is 11.5 Å². The van der Waals surface area contributed by atoms with Crippen LogP contribution in [0.3, 0.4) is 0 Å². The Labute approximate surface area is 165 Å². The van der Waals surface area contributed by atoms with E-state index >= 15 is 0 Å². The van der Waals surface area contributed by atoms with Crippen LogP contribution in [0.2, 0.25) is 10.0 Å². The van der Waals surface area contributed by atoms with Crippen LogP contribution in [0, 0.1) is 33.5 Å². The van der Waals surface area contributed by atoms with Gasteiger partial charge in [0.05, 0.1) is 22.2 Å². The molecule has 3 atom stereocenters. The number of fused-ring (bicyclic) bond motifs is 1. The summed E-state index contributed by atoms with van der Waals surface area (Å²) in [5.41, 5.74) is 4.91. The maximum absolute atomic E-state index is 10.2. The molecule has 0 radical (unpaired) electrons. The van der Waals surface area contributed by atoms with Crippen molar-refractivity contribution in [1.82, 2.24) is 0 Å². The van der Waals surface area contributed by atoms with Crippen LogP contribution in [-0.4, -0.2) is 21.5 Å². The topological polar surface area (TPSA) is 86.0 Å². The van der Waals surface area contributed by atoms with Gasteiger partial charge in [-0.1, -0.05) is 43.1 Å². The quantitative estimate of drug-likeness (QED) is 0.714. The Hall–Kier alpha value is -1.05. The van der Waals surface area contributed by atoms with Crippen LogP contribution in [0.5, 0.6) is 0 Å². The highest BCUT2D eigenvalue weighted by Crippen LogP contribution is 2.85. The van der Waals surface area contributed by atoms with E-state index in [1.807, 2.05) is 19.9 Å². The van der Waals surface area contributed by atoms with Crippen molar-refractivity contribution in [3.8, 4) is 12.1 Å². The SMILES string of the molecule is CCSC1(SCC)N=C(N)C2(C#N)C(c3ccc(Cl)c(Cl)c3)C12C#N. The molecule has 2 N–H and O–H groups in total. The van der Waals surface area contributed by atoms with Crippen molar-refractivity contribution >= 4 is 52.6 Å². The average molecular weight is 411 g/mol. The summed E-state index contributed by atoms with van der Waals surface area (Å²) in [5.74, 6) is 1.40. The molecule has 1 aromatic carbocycles. The van der Waals surface area contributed by atoms with Crippen LogP contribution in [0.4, 0.5) is 0 Å². The number of nitriles is 2. The van der Waals surface area contributed by atoms with E-state index < -0.39 is 15.0 Å². The summed E-state index contributed by atoms with van der Waals surface area (Å²) in [6, 6.07) is 10.0. The number of hydrogen-bond acceptors (Lipinski definition) is 6. The lowest BCUT2D eigenvalue weighted by molar-refractivity contribution is 0.564. The summed E-state index contributed by atoms with van der Waals surface area (Å²) in [6.07, 6.45) is 0. The van der Waals surface area contributed by atoms with Crippen molar-refractivity contribution < 1.29 is 0 Å². The largest absolute Gasteiger partial charge is 0.386 e. The van der Waals surface area contributed by atoms with Crippen LogP contribution >= 0.6 is 46.7 Å². The average Bonchev–Trinajstić information content (AvgIpc) is 3.16. The molecule has 3 rings (SSSR count). The first-order chi connectivity index (χ1) is 11.9. The summed E-state index contributed by atoms with van der Waals surface area (Å²) in [7, 11) is 0. The Balaban J connectivity index is 2.23. The number of nitrogens with zero attached hydrogens (tertiary/aromatic N) is 3. The van der Waals surface area contributed by atoms with Gasteiger partial charge in [-0.05, 0) is 29.2 Å². The Morgan fingerprint density at radius 3 is 2.28 bits per heavy atom. The second-order valence-corrected chi connectivity index (χ2v) is 9.88. The molecule has 1 saturated carbocycles. The number of benzene rings is 1. The molecular formula is C17H16Cl2N4S2. The number of halogens is 2. The smallest absolute Gasteiger partial charge is 0.175 e. The summed E-state index contributed by atoms with van der Waals surface area (Å²) in [6.45, 7) is 4.03. The van der Waals surface area contributed by atoms with E-state index in [9.17, 15) is 10.5 Å². The third-order valence-corrected chi connectivity index (χ3v) is 8.52. The van der Waals surface area contributed by atoms with E-state index in [-0.39, 0.29) is 11.8 Å². The third kappa shape index (κ3) is 2.12. The van der Waals surface area contributed by atoms with Gasteiger partial charge in [0.25, 0.3) is 0 Å². The Kier molecular flexibility index (Phi) is 4.71. The highest BCUT2D eigenvalue weighted by molar-refractivity contribution is 8.18. The van der Waals surface area contributed by atoms with Gasteiger partial charge in [0.15, 0.2) is 4.20 Å². The first-order valence-corrected chi connectivity index (χ1v) is 10.5. The van der Waals surface area contributed by atoms with E-state index in [1.54, 1.807) is 35.7 Å². The van der Waals surface area contributed by atoms with Crippen LogP contribution in [0.25, 0.3) is 0 Å². The fraction of sp³-hybridized carbons (Fsp3) is 0.471. The molecule has 0 spiro atoms. The molecule has 0 amide bonds. The van der Waals surface area contributed by atoms with Gasteiger partial charge in [0, 0.05) is 5.92 Å². The second-order valence-electron chi connectivity index (χ2n) is 5.89. The highest BCUT2D eigenvalue weighted by atomic mass is 35.5. The molecular weight excluding hydrogens is 395 g/mol. The molecule has 25 heavy (non-hydrogen) atoms. The number of nitrogens with two attached hydrogens (primary N) is 1. The molecule has 1 aromatic rings. The fourth-order valence-electron chi connectivity index (χ4n) is 3.94. The van der Waals surface area contributed by atoms with Crippen molar-refractivity contribution in [3.63, 3.8) is 0 Å². The zero-order valence-electron chi connectivity index (χ0n) is 13.7. The minimum absolute atomic E-state index is 0.245. The van der Waals surface area contributed by atoms with E-state index in [2.05, 4.69) is 17.1 Å². The number of amidine groups is 1. The Morgan fingerprint density at radius 1 is 1.16 bits per heavy atom. The maximum Gasteiger partial charge on any atom is 0.175 e. The first kappa shape index (κ1) is 18.7. The summed E-state index contributed by atoms with van der Waals surface area (Å²) < 4.78 is -0.790. The van der Waals surface area contributed by atoms with Crippen molar-refractivity contribution in [3.05, 3.63) is 33.8 Å². The molecule has 3 unspecified atom stereocenters. The minimum atomic E-state index is -1.12. The third-order valence-electron chi connectivity index (χ3n) is 4.88. The zero-order chi connectivity index (χ0) is 18.5. The van der Waals surface area contributed by atoms with Gasteiger partial charge < -0.3 is 5.73 Å². The molecule has 0 bridgehead atoms. The maximum atomic E-state index is 10.2. The molecule has 130 valence electrons. The molecule has 2 aliphatic rings. The summed E-state index contributed by atoms with van der Waals surface area (Å²) in [5, 5.41) is 21.1. The van der Waals surface area contributed by atoms with E-state index in [0.717, 1.165) is 17.1 Å². The standard InChI is InChI=1S/C17H16Cl2N4S2/c1-3-24-17(25-4-2)16(9-21)13(15(16,8-20)14(22)23-17)10-5-6-11(18)12(19)7-10/h5-7,13H,3-4H2,1-2H3,(H2,22,23). The molecule has 1 fully saturated rings. The fourth-order valence-corrected chi connectivity index (χ4v) is 7.50. The predicted molar refractivity (Wildman–Crippen MR) is 106 cm³/mol. The zero-order valence-corrected chi connectivity index (χ0v) is 16.9. The lowest BCUT2D eigenvalue weighted by atomic mass is 9.97. The molecule has 4 nitrogen and oxygen atoms in total. The van der Waals surface area contributed by atoms with Crippen LogP contribution in [0.15, 0.2) is 23.2 Å². The monoisotopic (exact) mass is 410 g/mol. The second kappa shape index (κ2) is 6.28.